The summed E-state index contributed by atoms with van der Waals surface area (Å²) >= 11 is 15.9. The molecule has 1 N–H and O–H groups in total. The van der Waals surface area contributed by atoms with E-state index in [9.17, 15) is 9.59 Å². The van der Waals surface area contributed by atoms with Gasteiger partial charge in [-0.2, -0.15) is 0 Å². The average Bonchev–Trinajstić information content (AvgIpc) is 2.67. The number of halogens is 3. The Morgan fingerprint density at radius 2 is 1.62 bits per heavy atom. The van der Waals surface area contributed by atoms with E-state index in [2.05, 4.69) is 21.2 Å². The molecule has 0 fully saturated rings. The molecule has 0 aromatic heterocycles. The van der Waals surface area contributed by atoms with Crippen LogP contribution in [0.15, 0.2) is 46.9 Å². The largest absolute Gasteiger partial charge is 0.354 e. The minimum atomic E-state index is -0.633. The second kappa shape index (κ2) is 11.0. The third-order valence-electron chi connectivity index (χ3n) is 4.51. The van der Waals surface area contributed by atoms with E-state index >= 15 is 0 Å². The van der Waals surface area contributed by atoms with Gasteiger partial charge in [-0.1, -0.05) is 71.2 Å². The van der Waals surface area contributed by atoms with E-state index in [0.29, 0.717) is 34.6 Å². The van der Waals surface area contributed by atoms with Crippen molar-refractivity contribution in [2.45, 2.75) is 39.8 Å². The summed E-state index contributed by atoms with van der Waals surface area (Å²) in [6.45, 7) is 6.65. The number of nitrogens with zero attached hydrogens (tertiary/aromatic N) is 1. The molecule has 2 aromatic carbocycles. The van der Waals surface area contributed by atoms with E-state index in [1.807, 2.05) is 38.1 Å². The van der Waals surface area contributed by atoms with Crippen LogP contribution in [0.4, 0.5) is 0 Å². The molecule has 2 rings (SSSR count). The van der Waals surface area contributed by atoms with Crippen molar-refractivity contribution in [2.75, 3.05) is 6.54 Å². The smallest absolute Gasteiger partial charge is 0.242 e. The van der Waals surface area contributed by atoms with Crippen molar-refractivity contribution in [1.29, 1.82) is 0 Å². The number of hydrogen-bond acceptors (Lipinski definition) is 2. The zero-order valence-electron chi connectivity index (χ0n) is 16.7. The van der Waals surface area contributed by atoms with Crippen LogP contribution in [0, 0.1) is 5.92 Å². The maximum Gasteiger partial charge on any atom is 0.242 e. The van der Waals surface area contributed by atoms with Crippen molar-refractivity contribution >= 4 is 50.9 Å². The molecule has 1 atom stereocenters. The van der Waals surface area contributed by atoms with Crippen LogP contribution in [-0.2, 0) is 22.6 Å². The zero-order valence-corrected chi connectivity index (χ0v) is 19.8. The van der Waals surface area contributed by atoms with E-state index in [-0.39, 0.29) is 18.2 Å². The Morgan fingerprint density at radius 3 is 2.17 bits per heavy atom. The third kappa shape index (κ3) is 7.02. The highest BCUT2D eigenvalue weighted by Gasteiger charge is 2.27. The first-order valence-electron chi connectivity index (χ1n) is 9.43. The van der Waals surface area contributed by atoms with Crippen molar-refractivity contribution in [2.24, 2.45) is 5.92 Å². The van der Waals surface area contributed by atoms with Crippen LogP contribution < -0.4 is 5.32 Å². The van der Waals surface area contributed by atoms with Crippen molar-refractivity contribution < 1.29 is 9.59 Å². The molecule has 2 aromatic rings. The van der Waals surface area contributed by atoms with E-state index in [4.69, 9.17) is 23.2 Å². The quantitative estimate of drug-likeness (QED) is 0.522. The number of benzene rings is 2. The summed E-state index contributed by atoms with van der Waals surface area (Å²) in [4.78, 5) is 27.4. The molecule has 0 saturated carbocycles. The van der Waals surface area contributed by atoms with Gasteiger partial charge in [-0.3, -0.25) is 9.59 Å². The maximum atomic E-state index is 13.2. The molecule has 0 saturated heterocycles. The summed E-state index contributed by atoms with van der Waals surface area (Å²) in [5, 5.41) is 3.78. The molecule has 7 heteroatoms. The topological polar surface area (TPSA) is 49.4 Å². The lowest BCUT2D eigenvalue weighted by atomic mass is 10.1. The van der Waals surface area contributed by atoms with Gasteiger partial charge in [-0.05, 0) is 48.2 Å². The Bertz CT molecular complexity index is 836. The first kappa shape index (κ1) is 23.7. The van der Waals surface area contributed by atoms with Gasteiger partial charge in [0.15, 0.2) is 0 Å². The van der Waals surface area contributed by atoms with Gasteiger partial charge < -0.3 is 10.2 Å². The first-order chi connectivity index (χ1) is 13.7. The van der Waals surface area contributed by atoms with Gasteiger partial charge in [-0.15, -0.1) is 0 Å². The van der Waals surface area contributed by atoms with E-state index in [1.54, 1.807) is 30.0 Å². The average molecular weight is 500 g/mol. The molecule has 156 valence electrons. The molecule has 0 aliphatic heterocycles. The molecule has 0 unspecified atom stereocenters. The van der Waals surface area contributed by atoms with Crippen molar-refractivity contribution in [1.82, 2.24) is 10.2 Å². The fourth-order valence-corrected chi connectivity index (χ4v) is 3.57. The normalized spacial score (nSPS) is 12.0. The molecule has 4 nitrogen and oxygen atoms in total. The second-order valence-electron chi connectivity index (χ2n) is 7.34. The summed E-state index contributed by atoms with van der Waals surface area (Å²) in [5.41, 5.74) is 1.49. The van der Waals surface area contributed by atoms with Crippen LogP contribution in [0.3, 0.4) is 0 Å². The van der Waals surface area contributed by atoms with E-state index < -0.39 is 6.04 Å². The molecular formula is C22H25BrCl2N2O2. The lowest BCUT2D eigenvalue weighted by molar-refractivity contribution is -0.140. The number of rotatable bonds is 8. The molecule has 2 amide bonds. The third-order valence-corrected chi connectivity index (χ3v) is 5.74. The summed E-state index contributed by atoms with van der Waals surface area (Å²) in [6, 6.07) is 12.2. The van der Waals surface area contributed by atoms with Gasteiger partial charge in [0.25, 0.3) is 0 Å². The summed E-state index contributed by atoms with van der Waals surface area (Å²) in [7, 11) is 0. The van der Waals surface area contributed by atoms with Gasteiger partial charge in [0.2, 0.25) is 11.8 Å². The second-order valence-corrected chi connectivity index (χ2v) is 9.07. The van der Waals surface area contributed by atoms with Crippen LogP contribution in [0.25, 0.3) is 0 Å². The molecule has 0 aliphatic carbocycles. The zero-order chi connectivity index (χ0) is 21.6. The Hall–Kier alpha value is -1.56. The molecule has 29 heavy (non-hydrogen) atoms. The Labute approximate surface area is 190 Å². The predicted octanol–water partition coefficient (Wildman–Crippen LogP) is 5.49. The number of carbonyl (C=O) groups is 2. The van der Waals surface area contributed by atoms with Crippen LogP contribution in [0.1, 0.15) is 31.9 Å². The van der Waals surface area contributed by atoms with Crippen molar-refractivity contribution in [3.05, 3.63) is 68.1 Å². The highest BCUT2D eigenvalue weighted by Crippen LogP contribution is 2.26. The number of carbonyl (C=O) groups excluding carboxylic acids is 2. The highest BCUT2D eigenvalue weighted by atomic mass is 79.9. The van der Waals surface area contributed by atoms with Gasteiger partial charge in [0.05, 0.1) is 6.42 Å². The summed E-state index contributed by atoms with van der Waals surface area (Å²) in [5.74, 6) is -0.0757. The lowest BCUT2D eigenvalue weighted by Gasteiger charge is -2.29. The van der Waals surface area contributed by atoms with Gasteiger partial charge in [-0.25, -0.2) is 0 Å². The monoisotopic (exact) mass is 498 g/mol. The molecule has 0 spiro atoms. The summed E-state index contributed by atoms with van der Waals surface area (Å²) in [6.07, 6.45) is 0.0246. The van der Waals surface area contributed by atoms with Crippen molar-refractivity contribution in [3.8, 4) is 0 Å². The number of amides is 2. The first-order valence-corrected chi connectivity index (χ1v) is 11.0. The van der Waals surface area contributed by atoms with Crippen LogP contribution in [0.2, 0.25) is 10.0 Å². The molecule has 0 bridgehead atoms. The SMILES string of the molecule is CC(C)CNC(=O)[C@H](C)N(Cc1ccc(Br)cc1)C(=O)Cc1c(Cl)cccc1Cl. The Kier molecular flexibility index (Phi) is 9.00. The van der Waals surface area contributed by atoms with E-state index in [0.717, 1.165) is 10.0 Å². The molecule has 0 heterocycles. The Balaban J connectivity index is 2.26. The number of nitrogens with one attached hydrogen (secondary N) is 1. The standard InChI is InChI=1S/C22H25BrCl2N2O2/c1-14(2)12-26-22(29)15(3)27(13-16-7-9-17(23)10-8-16)21(28)11-18-19(24)5-4-6-20(18)25/h4-10,14-15H,11-13H2,1-3H3,(H,26,29)/t15-/m0/s1. The fraction of sp³-hybridized carbons (Fsp3) is 0.364. The highest BCUT2D eigenvalue weighted by molar-refractivity contribution is 9.10. The lowest BCUT2D eigenvalue weighted by Crippen LogP contribution is -2.48. The molecule has 0 aliphatic rings. The molecular weight excluding hydrogens is 475 g/mol. The minimum absolute atomic E-state index is 0.0246. The fourth-order valence-electron chi connectivity index (χ4n) is 2.78. The Morgan fingerprint density at radius 1 is 1.03 bits per heavy atom. The van der Waals surface area contributed by atoms with Gasteiger partial charge >= 0.3 is 0 Å². The van der Waals surface area contributed by atoms with E-state index in [1.165, 1.54) is 0 Å². The molecule has 0 radical (unpaired) electrons. The van der Waals surface area contributed by atoms with Crippen LogP contribution in [0.5, 0.6) is 0 Å². The number of hydrogen-bond donors (Lipinski definition) is 1. The summed E-state index contributed by atoms with van der Waals surface area (Å²) < 4.78 is 0.949. The van der Waals surface area contributed by atoms with Crippen molar-refractivity contribution in [3.63, 3.8) is 0 Å². The predicted molar refractivity (Wildman–Crippen MR) is 122 cm³/mol. The van der Waals surface area contributed by atoms with Crippen LogP contribution >= 0.6 is 39.1 Å². The van der Waals surface area contributed by atoms with Gasteiger partial charge in [0.1, 0.15) is 6.04 Å². The van der Waals surface area contributed by atoms with Gasteiger partial charge in [0, 0.05) is 27.6 Å². The maximum absolute atomic E-state index is 13.2. The van der Waals surface area contributed by atoms with Crippen LogP contribution in [-0.4, -0.2) is 29.3 Å². The minimum Gasteiger partial charge on any atom is -0.354 e.